The van der Waals surface area contributed by atoms with Crippen LogP contribution in [-0.2, 0) is 10.9 Å². The molecule has 1 aliphatic rings. The quantitative estimate of drug-likeness (QED) is 0.706. The molecule has 0 aliphatic carbocycles. The predicted molar refractivity (Wildman–Crippen MR) is 39.1 cm³/mol. The summed E-state index contributed by atoms with van der Waals surface area (Å²) in [7, 11) is 0. The van der Waals surface area contributed by atoms with E-state index in [1.165, 1.54) is 12.1 Å². The van der Waals surface area contributed by atoms with Crippen LogP contribution in [0.15, 0.2) is 18.2 Å². The Morgan fingerprint density at radius 3 is 2.50 bits per heavy atom. The number of nitrogens with zero attached hydrogens (tertiary/aromatic N) is 1. The second-order valence-corrected chi connectivity index (χ2v) is 2.89. The van der Waals surface area contributed by atoms with Crippen molar-refractivity contribution in [2.24, 2.45) is 0 Å². The highest BCUT2D eigenvalue weighted by molar-refractivity contribution is 5.18. The van der Waals surface area contributed by atoms with Gasteiger partial charge in [0.1, 0.15) is 5.69 Å². The first-order chi connectivity index (χ1) is 6.48. The SMILES string of the molecule is OC1OC1c1cccc(C(F)(F)F)n1. The number of rotatable bonds is 1. The second kappa shape index (κ2) is 2.93. The van der Waals surface area contributed by atoms with Gasteiger partial charge in [-0.15, -0.1) is 0 Å². The molecule has 1 aliphatic heterocycles. The van der Waals surface area contributed by atoms with Crippen LogP contribution in [-0.4, -0.2) is 16.4 Å². The standard InChI is InChI=1S/C8H6F3NO2/c9-8(10,11)5-3-1-2-4(12-5)6-7(13)14-6/h1-3,6-7,13H. The van der Waals surface area contributed by atoms with Crippen molar-refractivity contribution in [3.05, 3.63) is 29.6 Å². The van der Waals surface area contributed by atoms with Crippen LogP contribution in [0, 0.1) is 0 Å². The molecule has 76 valence electrons. The van der Waals surface area contributed by atoms with Crippen LogP contribution in [0.2, 0.25) is 0 Å². The molecule has 1 aromatic rings. The first kappa shape index (κ1) is 9.42. The minimum absolute atomic E-state index is 0.104. The van der Waals surface area contributed by atoms with Crippen molar-refractivity contribution in [3.63, 3.8) is 0 Å². The topological polar surface area (TPSA) is 45.6 Å². The molecule has 1 aromatic heterocycles. The largest absolute Gasteiger partial charge is 0.433 e. The Morgan fingerprint density at radius 1 is 1.36 bits per heavy atom. The third kappa shape index (κ3) is 1.71. The van der Waals surface area contributed by atoms with Gasteiger partial charge in [-0.2, -0.15) is 13.2 Å². The smallest absolute Gasteiger partial charge is 0.365 e. The third-order valence-electron chi connectivity index (χ3n) is 1.82. The lowest BCUT2D eigenvalue weighted by Gasteiger charge is -2.05. The summed E-state index contributed by atoms with van der Waals surface area (Å²) < 4.78 is 41.1. The van der Waals surface area contributed by atoms with Gasteiger partial charge in [0.05, 0.1) is 5.69 Å². The van der Waals surface area contributed by atoms with Gasteiger partial charge in [0, 0.05) is 0 Å². The van der Waals surface area contributed by atoms with Crippen molar-refractivity contribution in [2.75, 3.05) is 0 Å². The summed E-state index contributed by atoms with van der Waals surface area (Å²) in [5.74, 6) is 0. The summed E-state index contributed by atoms with van der Waals surface area (Å²) in [6.07, 6.45) is -6.20. The fourth-order valence-corrected chi connectivity index (χ4v) is 1.09. The van der Waals surface area contributed by atoms with Crippen LogP contribution in [0.1, 0.15) is 17.5 Å². The van der Waals surface area contributed by atoms with Gasteiger partial charge in [-0.05, 0) is 12.1 Å². The van der Waals surface area contributed by atoms with Gasteiger partial charge in [0.15, 0.2) is 12.4 Å². The van der Waals surface area contributed by atoms with Crippen LogP contribution in [0.4, 0.5) is 13.2 Å². The number of aliphatic hydroxyl groups excluding tert-OH is 1. The van der Waals surface area contributed by atoms with E-state index in [2.05, 4.69) is 9.72 Å². The van der Waals surface area contributed by atoms with Crippen molar-refractivity contribution in [1.29, 1.82) is 0 Å². The Kier molecular flexibility index (Phi) is 1.97. The number of pyridine rings is 1. The summed E-state index contributed by atoms with van der Waals surface area (Å²) in [5, 5.41) is 8.83. The molecule has 1 saturated heterocycles. The molecule has 6 heteroatoms. The van der Waals surface area contributed by atoms with Crippen molar-refractivity contribution < 1.29 is 23.0 Å². The molecule has 0 spiro atoms. The van der Waals surface area contributed by atoms with E-state index >= 15 is 0 Å². The van der Waals surface area contributed by atoms with Crippen molar-refractivity contribution in [2.45, 2.75) is 18.6 Å². The summed E-state index contributed by atoms with van der Waals surface area (Å²) in [6.45, 7) is 0. The molecule has 0 amide bonds. The van der Waals surface area contributed by atoms with Crippen LogP contribution in [0.5, 0.6) is 0 Å². The van der Waals surface area contributed by atoms with E-state index in [1.807, 2.05) is 0 Å². The number of epoxide rings is 1. The second-order valence-electron chi connectivity index (χ2n) is 2.89. The Hall–Kier alpha value is -1.14. The number of hydrogen-bond donors (Lipinski definition) is 1. The molecule has 2 atom stereocenters. The molecular weight excluding hydrogens is 199 g/mol. The minimum atomic E-state index is -4.46. The molecule has 1 N–H and O–H groups in total. The average molecular weight is 205 g/mol. The first-order valence-corrected chi connectivity index (χ1v) is 3.86. The maximum atomic E-state index is 12.2. The van der Waals surface area contributed by atoms with E-state index in [0.717, 1.165) is 6.07 Å². The highest BCUT2D eigenvalue weighted by Crippen LogP contribution is 2.36. The van der Waals surface area contributed by atoms with Crippen molar-refractivity contribution in [1.82, 2.24) is 4.98 Å². The maximum Gasteiger partial charge on any atom is 0.433 e. The Morgan fingerprint density at radius 2 is 2.00 bits per heavy atom. The van der Waals surface area contributed by atoms with Gasteiger partial charge >= 0.3 is 6.18 Å². The molecule has 14 heavy (non-hydrogen) atoms. The van der Waals surface area contributed by atoms with E-state index in [0.29, 0.717) is 0 Å². The predicted octanol–water partition coefficient (Wildman–Crippen LogP) is 1.49. The maximum absolute atomic E-state index is 12.2. The fraction of sp³-hybridized carbons (Fsp3) is 0.375. The summed E-state index contributed by atoms with van der Waals surface area (Å²) >= 11 is 0. The third-order valence-corrected chi connectivity index (χ3v) is 1.82. The molecule has 0 saturated carbocycles. The Balaban J connectivity index is 2.28. The van der Waals surface area contributed by atoms with Crippen LogP contribution in [0.25, 0.3) is 0 Å². The highest BCUT2D eigenvalue weighted by atomic mass is 19.4. The molecule has 2 rings (SSSR count). The molecule has 0 aromatic carbocycles. The molecule has 0 bridgehead atoms. The average Bonchev–Trinajstić information content (AvgIpc) is 2.82. The normalized spacial score (nSPS) is 26.3. The zero-order chi connectivity index (χ0) is 10.3. The minimum Gasteiger partial charge on any atom is -0.365 e. The highest BCUT2D eigenvalue weighted by Gasteiger charge is 2.41. The van der Waals surface area contributed by atoms with Gasteiger partial charge in [0.25, 0.3) is 0 Å². The molecule has 2 unspecified atom stereocenters. The molecule has 3 nitrogen and oxygen atoms in total. The van der Waals surface area contributed by atoms with Gasteiger partial charge < -0.3 is 9.84 Å². The van der Waals surface area contributed by atoms with Crippen molar-refractivity contribution in [3.8, 4) is 0 Å². The monoisotopic (exact) mass is 205 g/mol. The number of halogens is 3. The Bertz CT molecular complexity index is 353. The molecule has 0 radical (unpaired) electrons. The number of alkyl halides is 3. The number of aliphatic hydroxyl groups is 1. The van der Waals surface area contributed by atoms with E-state index in [-0.39, 0.29) is 5.69 Å². The molecular formula is C8H6F3NO2. The lowest BCUT2D eigenvalue weighted by Crippen LogP contribution is -2.09. The van der Waals surface area contributed by atoms with Gasteiger partial charge in [-0.3, -0.25) is 0 Å². The van der Waals surface area contributed by atoms with E-state index in [9.17, 15) is 13.2 Å². The lowest BCUT2D eigenvalue weighted by molar-refractivity contribution is -0.141. The van der Waals surface area contributed by atoms with Crippen LogP contribution < -0.4 is 0 Å². The van der Waals surface area contributed by atoms with E-state index in [1.54, 1.807) is 0 Å². The summed E-state index contributed by atoms with van der Waals surface area (Å²) in [5.41, 5.74) is -0.870. The number of ether oxygens (including phenoxy) is 1. The molecule has 2 heterocycles. The van der Waals surface area contributed by atoms with Crippen molar-refractivity contribution >= 4 is 0 Å². The van der Waals surface area contributed by atoms with Crippen LogP contribution >= 0.6 is 0 Å². The van der Waals surface area contributed by atoms with E-state index in [4.69, 9.17) is 5.11 Å². The zero-order valence-corrected chi connectivity index (χ0v) is 6.82. The fourth-order valence-electron chi connectivity index (χ4n) is 1.09. The van der Waals surface area contributed by atoms with Gasteiger partial charge in [0.2, 0.25) is 0 Å². The van der Waals surface area contributed by atoms with E-state index < -0.39 is 24.3 Å². The van der Waals surface area contributed by atoms with Gasteiger partial charge in [-0.25, -0.2) is 4.98 Å². The molecule has 1 fully saturated rings. The lowest BCUT2D eigenvalue weighted by atomic mass is 10.2. The summed E-state index contributed by atoms with van der Waals surface area (Å²) in [4.78, 5) is 3.35. The van der Waals surface area contributed by atoms with Crippen LogP contribution in [0.3, 0.4) is 0 Å². The van der Waals surface area contributed by atoms with Gasteiger partial charge in [-0.1, -0.05) is 6.07 Å². The first-order valence-electron chi connectivity index (χ1n) is 3.86. The number of hydrogen-bond acceptors (Lipinski definition) is 3. The summed E-state index contributed by atoms with van der Waals surface area (Å²) in [6, 6.07) is 3.49. The zero-order valence-electron chi connectivity index (χ0n) is 6.82. The number of aromatic nitrogens is 1. The Labute approximate surface area is 77.1 Å².